The first-order valence-electron chi connectivity index (χ1n) is 7.24. The lowest BCUT2D eigenvalue weighted by Crippen LogP contribution is -2.48. The van der Waals surface area contributed by atoms with Gasteiger partial charge in [-0.1, -0.05) is 18.2 Å². The molecule has 1 aromatic heterocycles. The number of benzene rings is 1. The molecule has 1 amide bonds. The fourth-order valence-electron chi connectivity index (χ4n) is 2.77. The standard InChI is InChI=1S/C16H14FN3O4/c1-11-16(17,13(10-19(22)23)14-8-5-9-24-14)15(21)20(18-11)12-6-3-2-4-7-12/h2-9,13H,10H2,1H3/t13-,16-/m1/s1. The van der Waals surface area contributed by atoms with Crippen molar-refractivity contribution in [2.45, 2.75) is 18.5 Å². The minimum absolute atomic E-state index is 0.0343. The van der Waals surface area contributed by atoms with Crippen molar-refractivity contribution in [3.8, 4) is 0 Å². The zero-order valence-electron chi connectivity index (χ0n) is 12.8. The van der Waals surface area contributed by atoms with Gasteiger partial charge in [-0.05, 0) is 31.2 Å². The molecule has 7 nitrogen and oxygen atoms in total. The van der Waals surface area contributed by atoms with Crippen molar-refractivity contribution in [3.05, 3.63) is 64.6 Å². The van der Waals surface area contributed by atoms with Gasteiger partial charge in [0, 0.05) is 4.92 Å². The summed E-state index contributed by atoms with van der Waals surface area (Å²) in [5.41, 5.74) is -2.39. The summed E-state index contributed by atoms with van der Waals surface area (Å²) < 4.78 is 20.9. The van der Waals surface area contributed by atoms with E-state index in [1.54, 1.807) is 30.3 Å². The number of hydrazone groups is 1. The lowest BCUT2D eigenvalue weighted by atomic mass is 9.83. The molecule has 2 atom stereocenters. The molecule has 0 unspecified atom stereocenters. The quantitative estimate of drug-likeness (QED) is 0.622. The number of furan rings is 1. The van der Waals surface area contributed by atoms with Crippen LogP contribution in [0, 0.1) is 10.1 Å². The van der Waals surface area contributed by atoms with Crippen LogP contribution in [0.4, 0.5) is 10.1 Å². The predicted octanol–water partition coefficient (Wildman–Crippen LogP) is 2.77. The van der Waals surface area contributed by atoms with E-state index in [9.17, 15) is 14.9 Å². The van der Waals surface area contributed by atoms with Crippen molar-refractivity contribution in [3.63, 3.8) is 0 Å². The molecule has 0 spiro atoms. The van der Waals surface area contributed by atoms with Gasteiger partial charge < -0.3 is 4.42 Å². The van der Waals surface area contributed by atoms with Crippen LogP contribution in [0.2, 0.25) is 0 Å². The molecular weight excluding hydrogens is 317 g/mol. The van der Waals surface area contributed by atoms with Crippen molar-refractivity contribution in [1.29, 1.82) is 0 Å². The molecule has 1 aliphatic rings. The number of hydrogen-bond donors (Lipinski definition) is 0. The van der Waals surface area contributed by atoms with Crippen LogP contribution >= 0.6 is 0 Å². The minimum atomic E-state index is -2.64. The monoisotopic (exact) mass is 331 g/mol. The number of carbonyl (C=O) groups excluding carboxylic acids is 1. The van der Waals surface area contributed by atoms with Crippen LogP contribution in [-0.4, -0.2) is 28.8 Å². The molecule has 124 valence electrons. The zero-order valence-corrected chi connectivity index (χ0v) is 12.8. The lowest BCUT2D eigenvalue weighted by Gasteiger charge is -2.25. The Bertz CT molecular complexity index is 791. The summed E-state index contributed by atoms with van der Waals surface area (Å²) >= 11 is 0. The number of amides is 1. The van der Waals surface area contributed by atoms with Crippen LogP contribution in [0.15, 0.2) is 58.2 Å². The molecule has 3 rings (SSSR count). The first-order valence-corrected chi connectivity index (χ1v) is 7.24. The van der Waals surface area contributed by atoms with E-state index >= 15 is 4.39 Å². The smallest absolute Gasteiger partial charge is 0.292 e. The molecule has 2 aromatic rings. The Morgan fingerprint density at radius 1 is 1.33 bits per heavy atom. The van der Waals surface area contributed by atoms with Crippen molar-refractivity contribution >= 4 is 17.3 Å². The van der Waals surface area contributed by atoms with Gasteiger partial charge in [0.25, 0.3) is 5.91 Å². The van der Waals surface area contributed by atoms with Crippen molar-refractivity contribution in [2.75, 3.05) is 11.6 Å². The largest absolute Gasteiger partial charge is 0.469 e. The second-order valence-corrected chi connectivity index (χ2v) is 5.43. The number of rotatable bonds is 5. The highest BCUT2D eigenvalue weighted by Gasteiger charge is 2.59. The van der Waals surface area contributed by atoms with Gasteiger partial charge in [-0.2, -0.15) is 10.1 Å². The van der Waals surface area contributed by atoms with E-state index < -0.39 is 29.0 Å². The Morgan fingerprint density at radius 2 is 2.04 bits per heavy atom. The first-order chi connectivity index (χ1) is 11.4. The van der Waals surface area contributed by atoms with Crippen LogP contribution in [0.5, 0.6) is 0 Å². The predicted molar refractivity (Wildman–Crippen MR) is 84.2 cm³/mol. The van der Waals surface area contributed by atoms with E-state index in [1.165, 1.54) is 25.3 Å². The molecule has 1 aromatic carbocycles. The van der Waals surface area contributed by atoms with Crippen LogP contribution in [0.3, 0.4) is 0 Å². The molecule has 0 N–H and O–H groups in total. The zero-order chi connectivity index (χ0) is 17.3. The molecule has 8 heteroatoms. The average Bonchev–Trinajstić information content (AvgIpc) is 3.17. The Balaban J connectivity index is 2.03. The summed E-state index contributed by atoms with van der Waals surface area (Å²) in [5.74, 6) is -2.33. The summed E-state index contributed by atoms with van der Waals surface area (Å²) in [4.78, 5) is 23.1. The van der Waals surface area contributed by atoms with Crippen molar-refractivity contribution < 1.29 is 18.5 Å². The van der Waals surface area contributed by atoms with Gasteiger partial charge in [0.05, 0.1) is 17.7 Å². The van der Waals surface area contributed by atoms with E-state index in [-0.39, 0.29) is 11.5 Å². The molecule has 0 fully saturated rings. The van der Waals surface area contributed by atoms with E-state index in [4.69, 9.17) is 4.42 Å². The number of hydrogen-bond acceptors (Lipinski definition) is 5. The molecule has 2 heterocycles. The minimum Gasteiger partial charge on any atom is -0.469 e. The van der Waals surface area contributed by atoms with Gasteiger partial charge in [0.1, 0.15) is 11.7 Å². The number of nitro groups is 1. The van der Waals surface area contributed by atoms with E-state index in [1.807, 2.05) is 0 Å². The highest BCUT2D eigenvalue weighted by molar-refractivity contribution is 6.22. The molecule has 0 aliphatic carbocycles. The Hall–Kier alpha value is -3.03. The van der Waals surface area contributed by atoms with Crippen LogP contribution < -0.4 is 5.01 Å². The normalized spacial score (nSPS) is 21.7. The Morgan fingerprint density at radius 3 is 2.62 bits per heavy atom. The molecule has 0 radical (unpaired) electrons. The van der Waals surface area contributed by atoms with Gasteiger partial charge in [0.2, 0.25) is 12.2 Å². The summed E-state index contributed by atoms with van der Waals surface area (Å²) in [6, 6.07) is 11.3. The fraction of sp³-hybridized carbons (Fsp3) is 0.250. The van der Waals surface area contributed by atoms with E-state index in [2.05, 4.69) is 5.10 Å². The van der Waals surface area contributed by atoms with Crippen LogP contribution in [0.25, 0.3) is 0 Å². The third kappa shape index (κ3) is 2.45. The number of anilines is 1. The molecule has 0 bridgehead atoms. The maximum atomic E-state index is 15.7. The van der Waals surface area contributed by atoms with Crippen molar-refractivity contribution in [1.82, 2.24) is 0 Å². The SMILES string of the molecule is CC1=NN(c2ccccc2)C(=O)[C@]1(F)[C@H](C[N+](=O)[O-])c1ccco1. The fourth-order valence-corrected chi connectivity index (χ4v) is 2.77. The molecular formula is C16H14FN3O4. The Kier molecular flexibility index (Phi) is 3.88. The van der Waals surface area contributed by atoms with Crippen LogP contribution in [0.1, 0.15) is 18.6 Å². The summed E-state index contributed by atoms with van der Waals surface area (Å²) in [6.45, 7) is 0.558. The summed E-state index contributed by atoms with van der Waals surface area (Å²) in [6.07, 6.45) is 1.28. The molecule has 0 saturated heterocycles. The van der Waals surface area contributed by atoms with E-state index in [0.29, 0.717) is 5.69 Å². The van der Waals surface area contributed by atoms with E-state index in [0.717, 1.165) is 5.01 Å². The number of para-hydroxylation sites is 1. The second-order valence-electron chi connectivity index (χ2n) is 5.43. The number of alkyl halides is 1. The third-order valence-corrected chi connectivity index (χ3v) is 3.98. The van der Waals surface area contributed by atoms with Gasteiger partial charge in [0.15, 0.2) is 0 Å². The van der Waals surface area contributed by atoms with Gasteiger partial charge >= 0.3 is 0 Å². The lowest BCUT2D eigenvalue weighted by molar-refractivity contribution is -0.485. The molecule has 1 aliphatic heterocycles. The second kappa shape index (κ2) is 5.88. The number of carbonyl (C=O) groups is 1. The first kappa shape index (κ1) is 15.9. The van der Waals surface area contributed by atoms with Gasteiger partial charge in [-0.3, -0.25) is 14.9 Å². The molecule has 24 heavy (non-hydrogen) atoms. The van der Waals surface area contributed by atoms with Crippen LogP contribution in [-0.2, 0) is 4.79 Å². The number of halogens is 1. The van der Waals surface area contributed by atoms with Crippen molar-refractivity contribution in [2.24, 2.45) is 5.10 Å². The number of nitrogens with zero attached hydrogens (tertiary/aromatic N) is 3. The topological polar surface area (TPSA) is 89.0 Å². The molecule has 0 saturated carbocycles. The summed E-state index contributed by atoms with van der Waals surface area (Å²) in [5, 5.41) is 15.9. The maximum absolute atomic E-state index is 15.7. The third-order valence-electron chi connectivity index (χ3n) is 3.98. The average molecular weight is 331 g/mol. The van der Waals surface area contributed by atoms with Gasteiger partial charge in [-0.15, -0.1) is 0 Å². The highest BCUT2D eigenvalue weighted by atomic mass is 19.1. The highest BCUT2D eigenvalue weighted by Crippen LogP contribution is 2.40. The summed E-state index contributed by atoms with van der Waals surface area (Å²) in [7, 11) is 0. The Labute approximate surface area is 136 Å². The van der Waals surface area contributed by atoms with Gasteiger partial charge in [-0.25, -0.2) is 4.39 Å². The maximum Gasteiger partial charge on any atom is 0.292 e.